The predicted octanol–water partition coefficient (Wildman–Crippen LogP) is 5.10. The van der Waals surface area contributed by atoms with Crippen molar-refractivity contribution in [3.63, 3.8) is 0 Å². The maximum absolute atomic E-state index is 13.0. The van der Waals surface area contributed by atoms with Gasteiger partial charge < -0.3 is 19.7 Å². The van der Waals surface area contributed by atoms with E-state index < -0.39 is 12.0 Å². The number of esters is 1. The largest absolute Gasteiger partial charge is 0.497 e. The van der Waals surface area contributed by atoms with Gasteiger partial charge in [-0.15, -0.1) is 0 Å². The Balaban J connectivity index is 1.64. The third-order valence-electron chi connectivity index (χ3n) is 6.08. The standard InChI is InChI=1S/C27H29N3O4S/c1-5-22-24(26(32)34-4)25(19-11-13-21(33-3)14-12-19)30-20(16-35-27(30)29-22)15-23(31)28-17(2)18-9-7-6-8-10-18/h6-14,16-17,25H,5,15H2,1-4H3,(H,28,31)/t17-,25-/m0/s1. The van der Waals surface area contributed by atoms with Crippen molar-refractivity contribution >= 4 is 28.8 Å². The fourth-order valence-corrected chi connectivity index (χ4v) is 5.23. The van der Waals surface area contributed by atoms with Crippen molar-refractivity contribution in [2.75, 3.05) is 14.2 Å². The number of hydrogen-bond donors (Lipinski definition) is 1. The first-order valence-corrected chi connectivity index (χ1v) is 12.4. The molecular weight excluding hydrogens is 462 g/mol. The Morgan fingerprint density at radius 1 is 1.11 bits per heavy atom. The molecule has 182 valence electrons. The number of fused-ring (bicyclic) bond motifs is 1. The number of rotatable bonds is 8. The Morgan fingerprint density at radius 2 is 1.83 bits per heavy atom. The average Bonchev–Trinajstić information content (AvgIpc) is 3.29. The summed E-state index contributed by atoms with van der Waals surface area (Å²) in [5.74, 6) is 0.190. The molecular formula is C27H29N3O4S. The van der Waals surface area contributed by atoms with Crippen LogP contribution in [0.2, 0.25) is 0 Å². The van der Waals surface area contributed by atoms with E-state index >= 15 is 0 Å². The van der Waals surface area contributed by atoms with Gasteiger partial charge in [0.25, 0.3) is 0 Å². The van der Waals surface area contributed by atoms with Crippen LogP contribution in [-0.4, -0.2) is 36.2 Å². The first kappa shape index (κ1) is 24.6. The van der Waals surface area contributed by atoms with Gasteiger partial charge in [0.1, 0.15) is 5.75 Å². The number of allylic oxidation sites excluding steroid dienone is 1. The first-order valence-electron chi connectivity index (χ1n) is 11.5. The number of nitrogens with zero attached hydrogens (tertiary/aromatic N) is 2. The highest BCUT2D eigenvalue weighted by molar-refractivity contribution is 8.16. The Morgan fingerprint density at radius 3 is 2.46 bits per heavy atom. The van der Waals surface area contributed by atoms with Gasteiger partial charge in [0, 0.05) is 5.70 Å². The molecule has 1 amide bonds. The number of ether oxygens (including phenoxy) is 2. The molecule has 2 heterocycles. The fraction of sp³-hybridized carbons (Fsp3) is 0.296. The minimum Gasteiger partial charge on any atom is -0.497 e. The molecule has 2 aliphatic heterocycles. The number of hydrogen-bond acceptors (Lipinski definition) is 7. The fourth-order valence-electron chi connectivity index (χ4n) is 4.30. The molecule has 0 aliphatic carbocycles. The van der Waals surface area contributed by atoms with Crippen molar-refractivity contribution in [1.82, 2.24) is 10.2 Å². The molecule has 0 saturated carbocycles. The van der Waals surface area contributed by atoms with E-state index in [-0.39, 0.29) is 18.4 Å². The van der Waals surface area contributed by atoms with Crippen LogP contribution in [0.5, 0.6) is 5.75 Å². The lowest BCUT2D eigenvalue weighted by atomic mass is 9.92. The zero-order valence-electron chi connectivity index (χ0n) is 20.3. The van der Waals surface area contributed by atoms with E-state index in [4.69, 9.17) is 14.5 Å². The van der Waals surface area contributed by atoms with Gasteiger partial charge in [-0.3, -0.25) is 4.79 Å². The van der Waals surface area contributed by atoms with Crippen LogP contribution in [0.3, 0.4) is 0 Å². The highest BCUT2D eigenvalue weighted by Gasteiger charge is 2.41. The molecule has 0 unspecified atom stereocenters. The second-order valence-corrected chi connectivity index (χ2v) is 9.09. The number of benzene rings is 2. The molecule has 2 aromatic rings. The SMILES string of the molecule is CCC1=C(C(=O)OC)[C@H](c2ccc(OC)cc2)N2C(CC(=O)N[C@@H](C)c3ccccc3)=CSC2=N1. The van der Waals surface area contributed by atoms with Crippen LogP contribution in [0.15, 0.2) is 82.0 Å². The molecule has 1 N–H and O–H groups in total. The van der Waals surface area contributed by atoms with Gasteiger partial charge in [-0.05, 0) is 42.0 Å². The third-order valence-corrected chi connectivity index (χ3v) is 6.97. The summed E-state index contributed by atoms with van der Waals surface area (Å²) < 4.78 is 10.5. The molecule has 0 fully saturated rings. The van der Waals surface area contributed by atoms with Gasteiger partial charge in [-0.1, -0.05) is 61.2 Å². The summed E-state index contributed by atoms with van der Waals surface area (Å²) in [6.45, 7) is 3.93. The third kappa shape index (κ3) is 5.12. The minimum atomic E-state index is -0.462. The van der Waals surface area contributed by atoms with Crippen molar-refractivity contribution in [3.05, 3.63) is 88.1 Å². The Labute approximate surface area is 209 Å². The summed E-state index contributed by atoms with van der Waals surface area (Å²) in [6.07, 6.45) is 0.741. The molecule has 0 radical (unpaired) electrons. The number of amides is 1. The first-order chi connectivity index (χ1) is 17.0. The monoisotopic (exact) mass is 491 g/mol. The summed E-state index contributed by atoms with van der Waals surface area (Å²) in [5.41, 5.74) is 3.87. The summed E-state index contributed by atoms with van der Waals surface area (Å²) in [5, 5.41) is 5.76. The Bertz CT molecular complexity index is 1190. The Hall–Kier alpha value is -3.52. The van der Waals surface area contributed by atoms with E-state index in [0.717, 1.165) is 27.7 Å². The van der Waals surface area contributed by atoms with Crippen molar-refractivity contribution in [3.8, 4) is 5.75 Å². The number of nitrogens with one attached hydrogen (secondary N) is 1. The molecule has 0 bridgehead atoms. The number of carbonyl (C=O) groups is 2. The van der Waals surface area contributed by atoms with E-state index in [9.17, 15) is 9.59 Å². The van der Waals surface area contributed by atoms with Gasteiger partial charge in [0.2, 0.25) is 5.91 Å². The summed E-state index contributed by atoms with van der Waals surface area (Å²) in [7, 11) is 2.99. The van der Waals surface area contributed by atoms with Crippen molar-refractivity contribution in [1.29, 1.82) is 0 Å². The Kier molecular flexibility index (Phi) is 7.60. The summed E-state index contributed by atoms with van der Waals surface area (Å²) in [4.78, 5) is 32.7. The summed E-state index contributed by atoms with van der Waals surface area (Å²) in [6, 6.07) is 16.8. The molecule has 0 saturated heterocycles. The highest BCUT2D eigenvalue weighted by Crippen LogP contribution is 2.45. The van der Waals surface area contributed by atoms with Gasteiger partial charge in [-0.2, -0.15) is 0 Å². The maximum Gasteiger partial charge on any atom is 0.338 e. The topological polar surface area (TPSA) is 80.2 Å². The van der Waals surface area contributed by atoms with Gasteiger partial charge in [0.15, 0.2) is 5.17 Å². The molecule has 2 atom stereocenters. The van der Waals surface area contributed by atoms with Crippen LogP contribution in [0.25, 0.3) is 0 Å². The number of carbonyl (C=O) groups excluding carboxylic acids is 2. The predicted molar refractivity (Wildman–Crippen MR) is 138 cm³/mol. The molecule has 2 aromatic carbocycles. The lowest BCUT2D eigenvalue weighted by Gasteiger charge is -2.36. The van der Waals surface area contributed by atoms with Crippen LogP contribution < -0.4 is 10.1 Å². The molecule has 4 rings (SSSR count). The van der Waals surface area contributed by atoms with Crippen molar-refractivity contribution < 1.29 is 19.1 Å². The number of thioether (sulfide) groups is 1. The normalized spacial score (nSPS) is 17.8. The molecule has 0 aromatic heterocycles. The van der Waals surface area contributed by atoms with Crippen LogP contribution in [0, 0.1) is 0 Å². The van der Waals surface area contributed by atoms with E-state index in [2.05, 4.69) is 5.32 Å². The van der Waals surface area contributed by atoms with Crippen LogP contribution in [-0.2, 0) is 14.3 Å². The van der Waals surface area contributed by atoms with Crippen LogP contribution in [0.1, 0.15) is 49.9 Å². The maximum atomic E-state index is 13.0. The molecule has 35 heavy (non-hydrogen) atoms. The molecule has 2 aliphatic rings. The van der Waals surface area contributed by atoms with E-state index in [1.165, 1.54) is 18.9 Å². The quantitative estimate of drug-likeness (QED) is 0.518. The van der Waals surface area contributed by atoms with Crippen molar-refractivity contribution in [2.24, 2.45) is 4.99 Å². The molecule has 7 nitrogen and oxygen atoms in total. The zero-order valence-corrected chi connectivity index (χ0v) is 21.1. The van der Waals surface area contributed by atoms with Gasteiger partial charge in [-0.25, -0.2) is 9.79 Å². The zero-order chi connectivity index (χ0) is 24.9. The number of aliphatic imine (C=N–C) groups is 1. The smallest absolute Gasteiger partial charge is 0.338 e. The van der Waals surface area contributed by atoms with Crippen molar-refractivity contribution in [2.45, 2.75) is 38.8 Å². The number of amidine groups is 1. The van der Waals surface area contributed by atoms with E-state index in [1.54, 1.807) is 7.11 Å². The minimum absolute atomic E-state index is 0.104. The second kappa shape index (κ2) is 10.8. The number of methoxy groups -OCH3 is 2. The molecule has 8 heteroatoms. The van der Waals surface area contributed by atoms with Crippen LogP contribution >= 0.6 is 11.8 Å². The van der Waals surface area contributed by atoms with E-state index in [0.29, 0.717) is 17.7 Å². The van der Waals surface area contributed by atoms with Crippen LogP contribution in [0.4, 0.5) is 0 Å². The lowest BCUT2D eigenvalue weighted by Crippen LogP contribution is -2.38. The van der Waals surface area contributed by atoms with E-state index in [1.807, 2.05) is 78.8 Å². The molecule has 0 spiro atoms. The second-order valence-electron chi connectivity index (χ2n) is 8.25. The van der Waals surface area contributed by atoms with Gasteiger partial charge >= 0.3 is 5.97 Å². The average molecular weight is 492 g/mol. The van der Waals surface area contributed by atoms with Gasteiger partial charge in [0.05, 0.1) is 44.0 Å². The summed E-state index contributed by atoms with van der Waals surface area (Å²) >= 11 is 1.46. The highest BCUT2D eigenvalue weighted by atomic mass is 32.2. The lowest BCUT2D eigenvalue weighted by molar-refractivity contribution is -0.136.